The van der Waals surface area contributed by atoms with Crippen LogP contribution in [0.25, 0.3) is 0 Å². The van der Waals surface area contributed by atoms with Gasteiger partial charge in [-0.2, -0.15) is 0 Å². The van der Waals surface area contributed by atoms with E-state index >= 15 is 0 Å². The summed E-state index contributed by atoms with van der Waals surface area (Å²) in [7, 11) is 0. The number of carboxylic acid groups (broad SMARTS) is 1. The lowest BCUT2D eigenvalue weighted by Gasteiger charge is -2.15. The molecule has 1 saturated heterocycles. The van der Waals surface area contributed by atoms with E-state index in [1.54, 1.807) is 4.90 Å². The van der Waals surface area contributed by atoms with Crippen molar-refractivity contribution in [1.82, 2.24) is 10.2 Å². The Hall–Kier alpha value is -1.59. The molecule has 18 heavy (non-hydrogen) atoms. The molecule has 2 fully saturated rings. The lowest BCUT2D eigenvalue weighted by molar-refractivity contribution is -0.141. The molecule has 6 heteroatoms. The maximum atomic E-state index is 11.5. The van der Waals surface area contributed by atoms with E-state index in [1.807, 2.05) is 0 Å². The summed E-state index contributed by atoms with van der Waals surface area (Å²) in [6.07, 6.45) is 3.21. The number of hydrogen-bond donors (Lipinski definition) is 2. The highest BCUT2D eigenvalue weighted by molar-refractivity contribution is 5.86. The Morgan fingerprint density at radius 1 is 1.39 bits per heavy atom. The Kier molecular flexibility index (Phi) is 3.84. The fourth-order valence-electron chi connectivity index (χ4n) is 2.11. The second-order valence-electron chi connectivity index (χ2n) is 5.02. The summed E-state index contributed by atoms with van der Waals surface area (Å²) < 4.78 is 0. The predicted molar refractivity (Wildman–Crippen MR) is 62.7 cm³/mol. The summed E-state index contributed by atoms with van der Waals surface area (Å²) in [5.74, 6) is -1.60. The van der Waals surface area contributed by atoms with Gasteiger partial charge in [-0.05, 0) is 19.3 Å². The first-order valence-electron chi connectivity index (χ1n) is 6.36. The molecule has 100 valence electrons. The van der Waals surface area contributed by atoms with Crippen molar-refractivity contribution in [3.05, 3.63) is 0 Å². The number of amides is 2. The van der Waals surface area contributed by atoms with Gasteiger partial charge in [-0.25, -0.2) is 0 Å². The van der Waals surface area contributed by atoms with E-state index in [0.717, 1.165) is 12.8 Å². The van der Waals surface area contributed by atoms with E-state index in [2.05, 4.69) is 5.32 Å². The van der Waals surface area contributed by atoms with Gasteiger partial charge in [0.05, 0.1) is 5.92 Å². The van der Waals surface area contributed by atoms with Gasteiger partial charge in [0.2, 0.25) is 11.8 Å². The number of carboxylic acids is 1. The number of carbonyl (C=O) groups excluding carboxylic acids is 2. The van der Waals surface area contributed by atoms with Crippen LogP contribution < -0.4 is 5.32 Å². The summed E-state index contributed by atoms with van der Waals surface area (Å²) in [6, 6.07) is 0.363. The summed E-state index contributed by atoms with van der Waals surface area (Å²) in [4.78, 5) is 35.2. The summed E-state index contributed by atoms with van der Waals surface area (Å²) >= 11 is 0. The van der Waals surface area contributed by atoms with Gasteiger partial charge in [0.15, 0.2) is 0 Å². The summed E-state index contributed by atoms with van der Waals surface area (Å²) in [6.45, 7) is 0.749. The number of likely N-dealkylation sites (tertiary alicyclic amines) is 1. The zero-order valence-electron chi connectivity index (χ0n) is 10.2. The average Bonchev–Trinajstić information content (AvgIpc) is 3.02. The van der Waals surface area contributed by atoms with Crippen LogP contribution in [0.15, 0.2) is 0 Å². The zero-order valence-corrected chi connectivity index (χ0v) is 10.2. The smallest absolute Gasteiger partial charge is 0.308 e. The maximum Gasteiger partial charge on any atom is 0.308 e. The molecule has 6 nitrogen and oxygen atoms in total. The predicted octanol–water partition coefficient (Wildman–Crippen LogP) is -0.0217. The normalized spacial score (nSPS) is 23.2. The first kappa shape index (κ1) is 12.9. The van der Waals surface area contributed by atoms with Gasteiger partial charge in [-0.1, -0.05) is 0 Å². The highest BCUT2D eigenvalue weighted by Crippen LogP contribution is 2.20. The van der Waals surface area contributed by atoms with Crippen molar-refractivity contribution in [2.24, 2.45) is 5.92 Å². The van der Waals surface area contributed by atoms with Crippen molar-refractivity contribution in [1.29, 1.82) is 0 Å². The van der Waals surface area contributed by atoms with Crippen LogP contribution in [0.5, 0.6) is 0 Å². The standard InChI is InChI=1S/C12H18N2O4/c15-10(13-9-3-4-9)2-1-5-14-7-8(12(17)18)6-11(14)16/h8-9H,1-7H2,(H,13,15)(H,17,18). The lowest BCUT2D eigenvalue weighted by atomic mass is 10.1. The molecule has 0 bridgehead atoms. The van der Waals surface area contributed by atoms with Crippen molar-refractivity contribution in [2.45, 2.75) is 38.1 Å². The lowest BCUT2D eigenvalue weighted by Crippen LogP contribution is -2.30. The maximum absolute atomic E-state index is 11.5. The molecule has 1 aliphatic carbocycles. The highest BCUT2D eigenvalue weighted by atomic mass is 16.4. The Morgan fingerprint density at radius 3 is 2.67 bits per heavy atom. The number of hydrogen-bond acceptors (Lipinski definition) is 3. The number of carbonyl (C=O) groups is 3. The van der Waals surface area contributed by atoms with Crippen molar-refractivity contribution >= 4 is 17.8 Å². The third-order valence-electron chi connectivity index (χ3n) is 3.34. The summed E-state index contributed by atoms with van der Waals surface area (Å²) in [5, 5.41) is 11.7. The van der Waals surface area contributed by atoms with Crippen LogP contribution in [0, 0.1) is 5.92 Å². The molecule has 1 unspecified atom stereocenters. The van der Waals surface area contributed by atoms with Gasteiger partial charge in [0.25, 0.3) is 0 Å². The van der Waals surface area contributed by atoms with Crippen LogP contribution >= 0.6 is 0 Å². The molecule has 1 heterocycles. The molecule has 2 aliphatic rings. The van der Waals surface area contributed by atoms with E-state index < -0.39 is 11.9 Å². The first-order valence-corrected chi connectivity index (χ1v) is 6.36. The second-order valence-corrected chi connectivity index (χ2v) is 5.02. The molecule has 2 amide bonds. The minimum Gasteiger partial charge on any atom is -0.481 e. The molecule has 2 rings (SSSR count). The summed E-state index contributed by atoms with van der Waals surface area (Å²) in [5.41, 5.74) is 0. The minimum absolute atomic E-state index is 0.0268. The van der Waals surface area contributed by atoms with Gasteiger partial charge in [-0.3, -0.25) is 14.4 Å². The molecule has 0 aromatic carbocycles. The number of aliphatic carboxylic acids is 1. The molecule has 0 spiro atoms. The molecule has 1 aliphatic heterocycles. The van der Waals surface area contributed by atoms with Crippen molar-refractivity contribution < 1.29 is 19.5 Å². The minimum atomic E-state index is -0.919. The van der Waals surface area contributed by atoms with E-state index in [4.69, 9.17) is 5.11 Å². The third kappa shape index (κ3) is 3.45. The fourth-order valence-corrected chi connectivity index (χ4v) is 2.11. The SMILES string of the molecule is O=C(CCCN1CC(C(=O)O)CC1=O)NC1CC1. The monoisotopic (exact) mass is 254 g/mol. The topological polar surface area (TPSA) is 86.7 Å². The molecule has 1 atom stereocenters. The average molecular weight is 254 g/mol. The van der Waals surface area contributed by atoms with E-state index in [1.165, 1.54) is 0 Å². The van der Waals surface area contributed by atoms with Gasteiger partial charge in [0.1, 0.15) is 0 Å². The largest absolute Gasteiger partial charge is 0.481 e. The van der Waals surface area contributed by atoms with E-state index in [9.17, 15) is 14.4 Å². The molecular weight excluding hydrogens is 236 g/mol. The number of nitrogens with one attached hydrogen (secondary N) is 1. The third-order valence-corrected chi connectivity index (χ3v) is 3.34. The van der Waals surface area contributed by atoms with Crippen LogP contribution in [0.3, 0.4) is 0 Å². The highest BCUT2D eigenvalue weighted by Gasteiger charge is 2.33. The van der Waals surface area contributed by atoms with E-state index in [-0.39, 0.29) is 24.8 Å². The Balaban J connectivity index is 1.65. The molecule has 0 aromatic rings. The molecule has 2 N–H and O–H groups in total. The fraction of sp³-hybridized carbons (Fsp3) is 0.750. The Bertz CT molecular complexity index is 365. The zero-order chi connectivity index (χ0) is 13.1. The van der Waals surface area contributed by atoms with Crippen LogP contribution in [0.1, 0.15) is 32.1 Å². The van der Waals surface area contributed by atoms with Gasteiger partial charge >= 0.3 is 5.97 Å². The van der Waals surface area contributed by atoms with Crippen LogP contribution in [-0.2, 0) is 14.4 Å². The van der Waals surface area contributed by atoms with Gasteiger partial charge in [0, 0.05) is 32.0 Å². The Morgan fingerprint density at radius 2 is 2.11 bits per heavy atom. The first-order chi connectivity index (χ1) is 8.56. The van der Waals surface area contributed by atoms with Crippen molar-refractivity contribution in [3.8, 4) is 0 Å². The number of rotatable bonds is 6. The van der Waals surface area contributed by atoms with Crippen molar-refractivity contribution in [3.63, 3.8) is 0 Å². The quantitative estimate of drug-likeness (QED) is 0.697. The molecular formula is C12H18N2O4. The van der Waals surface area contributed by atoms with Crippen molar-refractivity contribution in [2.75, 3.05) is 13.1 Å². The van der Waals surface area contributed by atoms with Crippen LogP contribution in [-0.4, -0.2) is 46.9 Å². The van der Waals surface area contributed by atoms with Crippen LogP contribution in [0.4, 0.5) is 0 Å². The molecule has 1 saturated carbocycles. The molecule has 0 radical (unpaired) electrons. The molecule has 0 aromatic heterocycles. The Labute approximate surface area is 105 Å². The second kappa shape index (κ2) is 5.37. The van der Waals surface area contributed by atoms with E-state index in [0.29, 0.717) is 25.4 Å². The van der Waals surface area contributed by atoms with Crippen LogP contribution in [0.2, 0.25) is 0 Å². The van der Waals surface area contributed by atoms with Gasteiger partial charge in [-0.15, -0.1) is 0 Å². The number of nitrogens with zero attached hydrogens (tertiary/aromatic N) is 1. The van der Waals surface area contributed by atoms with Gasteiger partial charge < -0.3 is 15.3 Å².